The summed E-state index contributed by atoms with van der Waals surface area (Å²) >= 11 is 0. The highest BCUT2D eigenvalue weighted by molar-refractivity contribution is 6.18. The maximum absolute atomic E-state index is 19.0. The predicted molar refractivity (Wildman–Crippen MR) is 356 cm³/mol. The SMILES string of the molecule is FC(F)(F)c1c(-n2c3ccccc3c3ccccc32)c(-n2c3ccc(-c4ncccn4)cc3c3cc(-c4ncccn4)ccc32)c(-c2ccncc2)c(-n2c3ccc(-c4ncccn4)cc3c3cc(-c4ncccn4)ccc32)c1-n1c2ccccc2c2ccccc21. The molecule has 0 N–H and O–H groups in total. The molecule has 18 aromatic rings. The van der Waals surface area contributed by atoms with Gasteiger partial charge in [-0.2, -0.15) is 13.2 Å². The lowest BCUT2D eigenvalue weighted by molar-refractivity contribution is -0.137. The first kappa shape index (κ1) is 52.6. The fraction of sp³-hybridized carbons (Fsp3) is 0.0132. The Hall–Kier alpha value is -12.6. The lowest BCUT2D eigenvalue weighted by Gasteiger charge is -2.31. The van der Waals surface area contributed by atoms with Crippen LogP contribution in [0.4, 0.5) is 13.2 Å². The van der Waals surface area contributed by atoms with Gasteiger partial charge in [0.2, 0.25) is 0 Å². The molecule has 13 nitrogen and oxygen atoms in total. The number of aromatic nitrogens is 13. The summed E-state index contributed by atoms with van der Waals surface area (Å²) in [5, 5.41) is 5.99. The number of nitrogens with zero attached hydrogens (tertiary/aromatic N) is 13. The Morgan fingerprint density at radius 3 is 0.783 bits per heavy atom. The molecule has 0 atom stereocenters. The largest absolute Gasteiger partial charge is 0.420 e. The minimum absolute atomic E-state index is 0.111. The summed E-state index contributed by atoms with van der Waals surface area (Å²) in [5.74, 6) is 1.92. The van der Waals surface area contributed by atoms with Crippen LogP contribution >= 0.6 is 0 Å². The normalized spacial score (nSPS) is 12.1. The van der Waals surface area contributed by atoms with Gasteiger partial charge in [0.15, 0.2) is 23.3 Å². The zero-order chi connectivity index (χ0) is 61.2. The van der Waals surface area contributed by atoms with Crippen molar-refractivity contribution in [3.05, 3.63) is 274 Å². The Morgan fingerprint density at radius 1 is 0.239 bits per heavy atom. The van der Waals surface area contributed by atoms with Crippen molar-refractivity contribution in [1.82, 2.24) is 63.1 Å². The number of pyridine rings is 1. The van der Waals surface area contributed by atoms with Gasteiger partial charge in [-0.1, -0.05) is 72.8 Å². The second-order valence-corrected chi connectivity index (χ2v) is 22.5. The molecule has 92 heavy (non-hydrogen) atoms. The molecule has 9 aromatic carbocycles. The highest BCUT2D eigenvalue weighted by atomic mass is 19.4. The number of benzene rings is 9. The van der Waals surface area contributed by atoms with Gasteiger partial charge in [-0.3, -0.25) is 4.98 Å². The van der Waals surface area contributed by atoms with Crippen molar-refractivity contribution in [2.75, 3.05) is 0 Å². The minimum atomic E-state index is -5.13. The van der Waals surface area contributed by atoms with Gasteiger partial charge < -0.3 is 18.3 Å². The van der Waals surface area contributed by atoms with E-state index in [4.69, 9.17) is 0 Å². The lowest BCUT2D eigenvalue weighted by atomic mass is 9.93. The van der Waals surface area contributed by atoms with Crippen LogP contribution in [-0.4, -0.2) is 63.1 Å². The Balaban J connectivity index is 1.14. The molecule has 0 fully saturated rings. The number of halogens is 3. The van der Waals surface area contributed by atoms with E-state index in [1.807, 2.05) is 200 Å². The number of hydrogen-bond donors (Lipinski definition) is 0. The van der Waals surface area contributed by atoms with Gasteiger partial charge in [0.25, 0.3) is 0 Å². The summed E-state index contributed by atoms with van der Waals surface area (Å²) in [4.78, 5) is 42.1. The lowest BCUT2D eigenvalue weighted by Crippen LogP contribution is -2.22. The van der Waals surface area contributed by atoms with Crippen molar-refractivity contribution in [1.29, 1.82) is 0 Å². The summed E-state index contributed by atoms with van der Waals surface area (Å²) in [6.45, 7) is 0. The molecule has 9 heterocycles. The molecule has 0 amide bonds. The highest BCUT2D eigenvalue weighted by Crippen LogP contribution is 2.56. The molecule has 0 saturated carbocycles. The molecule has 434 valence electrons. The number of rotatable bonds is 9. The first-order chi connectivity index (χ1) is 45.3. The van der Waals surface area contributed by atoms with Crippen LogP contribution in [0.2, 0.25) is 0 Å². The van der Waals surface area contributed by atoms with Gasteiger partial charge in [0.1, 0.15) is 5.56 Å². The highest BCUT2D eigenvalue weighted by Gasteiger charge is 2.45. The molecule has 0 aliphatic carbocycles. The van der Waals surface area contributed by atoms with E-state index in [1.54, 1.807) is 86.2 Å². The van der Waals surface area contributed by atoms with Crippen LogP contribution in [0.5, 0.6) is 0 Å². The Kier molecular flexibility index (Phi) is 11.7. The second kappa shape index (κ2) is 20.5. The molecule has 0 bridgehead atoms. The first-order valence-electron chi connectivity index (χ1n) is 29.8. The van der Waals surface area contributed by atoms with E-state index in [2.05, 4.69) is 44.9 Å². The topological polar surface area (TPSA) is 136 Å². The number of hydrogen-bond acceptors (Lipinski definition) is 9. The molecular weight excluding hydrogens is 1150 g/mol. The summed E-state index contributed by atoms with van der Waals surface area (Å²) in [6, 6.07) is 65.5. The Bertz CT molecular complexity index is 5350. The zero-order valence-corrected chi connectivity index (χ0v) is 48.4. The molecule has 18 rings (SSSR count). The zero-order valence-electron chi connectivity index (χ0n) is 48.4. The predicted octanol–water partition coefficient (Wildman–Crippen LogP) is 18.0. The van der Waals surface area contributed by atoms with E-state index in [0.29, 0.717) is 101 Å². The maximum Gasteiger partial charge on any atom is 0.420 e. The molecule has 0 unspecified atom stereocenters. The monoisotopic (exact) mass is 1200 g/mol. The van der Waals surface area contributed by atoms with Crippen molar-refractivity contribution < 1.29 is 13.2 Å². The molecule has 0 aliphatic rings. The van der Waals surface area contributed by atoms with Gasteiger partial charge in [-0.05, 0) is 139 Å². The van der Waals surface area contributed by atoms with E-state index >= 15 is 13.2 Å². The average molecular weight is 1200 g/mol. The van der Waals surface area contributed by atoms with Crippen LogP contribution in [0, 0.1) is 0 Å². The second-order valence-electron chi connectivity index (χ2n) is 22.5. The molecular formula is C76H44F3N13. The van der Waals surface area contributed by atoms with E-state index < -0.39 is 11.7 Å². The fourth-order valence-corrected chi connectivity index (χ4v) is 13.8. The van der Waals surface area contributed by atoms with Gasteiger partial charge in [0, 0.05) is 133 Å². The van der Waals surface area contributed by atoms with Crippen molar-refractivity contribution in [2.45, 2.75) is 6.18 Å². The van der Waals surface area contributed by atoms with Gasteiger partial charge in [-0.25, -0.2) is 39.9 Å². The van der Waals surface area contributed by atoms with Crippen molar-refractivity contribution in [3.8, 4) is 79.4 Å². The smallest absolute Gasteiger partial charge is 0.306 e. The van der Waals surface area contributed by atoms with Crippen LogP contribution < -0.4 is 0 Å². The van der Waals surface area contributed by atoms with Crippen LogP contribution in [0.25, 0.3) is 167 Å². The molecule has 9 aromatic heterocycles. The summed E-state index contributed by atoms with van der Waals surface area (Å²) in [7, 11) is 0. The quantitative estimate of drug-likeness (QED) is 0.138. The number of fused-ring (bicyclic) bond motifs is 12. The van der Waals surface area contributed by atoms with E-state index in [9.17, 15) is 0 Å². The van der Waals surface area contributed by atoms with E-state index in [1.165, 1.54) is 0 Å². The Morgan fingerprint density at radius 2 is 0.500 bits per heavy atom. The summed E-state index contributed by atoms with van der Waals surface area (Å²) < 4.78 is 64.7. The standard InChI is InChI=1S/C76H44F3N13/c77-76(78,79)67-70(91-58-17-5-1-13-50(58)51-14-2-6-18-59(51)91)68(89-62-25-21-46(72-81-31-9-32-82-72)41-54(62)55-42-47(22-26-63(55)89)73-83-33-10-34-84-73)66(45-29-39-80-40-30-45)69(71(67)92-60-19-7-3-15-52(60)53-16-4-8-20-61(53)92)90-64-27-23-48(74-85-35-11-36-86-74)43-56(64)57-44-49(24-28-65(57)90)75-87-37-12-38-88-75/h1-44H. The molecule has 0 saturated heterocycles. The van der Waals surface area contributed by atoms with Gasteiger partial charge in [-0.15, -0.1) is 0 Å². The number of para-hydroxylation sites is 4. The first-order valence-corrected chi connectivity index (χ1v) is 29.8. The molecule has 16 heteroatoms. The van der Waals surface area contributed by atoms with Crippen LogP contribution in [0.3, 0.4) is 0 Å². The molecule has 0 spiro atoms. The van der Waals surface area contributed by atoms with Crippen molar-refractivity contribution in [2.24, 2.45) is 0 Å². The van der Waals surface area contributed by atoms with Crippen LogP contribution in [0.15, 0.2) is 268 Å². The summed E-state index contributed by atoms with van der Waals surface area (Å²) in [5.41, 5.74) is 7.93. The molecule has 0 aliphatic heterocycles. The maximum atomic E-state index is 19.0. The minimum Gasteiger partial charge on any atom is -0.306 e. The van der Waals surface area contributed by atoms with Gasteiger partial charge >= 0.3 is 6.18 Å². The summed E-state index contributed by atoms with van der Waals surface area (Å²) in [6.07, 6.45) is 11.8. The Labute approximate surface area is 520 Å². The third-order valence-electron chi connectivity index (χ3n) is 17.5. The van der Waals surface area contributed by atoms with Crippen molar-refractivity contribution in [3.63, 3.8) is 0 Å². The average Bonchev–Trinajstić information content (AvgIpc) is 1.01. The van der Waals surface area contributed by atoms with Crippen LogP contribution in [0.1, 0.15) is 5.56 Å². The number of alkyl halides is 3. The van der Waals surface area contributed by atoms with Crippen LogP contribution in [-0.2, 0) is 6.18 Å². The van der Waals surface area contributed by atoms with E-state index in [-0.39, 0.29) is 22.7 Å². The third-order valence-corrected chi connectivity index (χ3v) is 17.5. The van der Waals surface area contributed by atoms with Crippen molar-refractivity contribution >= 4 is 87.2 Å². The third kappa shape index (κ3) is 8.03. The van der Waals surface area contributed by atoms with E-state index in [0.717, 1.165) is 43.1 Å². The molecule has 0 radical (unpaired) electrons. The van der Waals surface area contributed by atoms with Gasteiger partial charge in [0.05, 0.1) is 66.9 Å². The fourth-order valence-electron chi connectivity index (χ4n) is 13.8.